The molecule has 0 bridgehead atoms. The van der Waals surface area contributed by atoms with Gasteiger partial charge in [0.15, 0.2) is 0 Å². The number of nitrogens with one attached hydrogen (secondary N) is 1. The van der Waals surface area contributed by atoms with E-state index in [9.17, 15) is 0 Å². The molecule has 160 valence electrons. The second-order valence-corrected chi connectivity index (χ2v) is 12.4. The van der Waals surface area contributed by atoms with Gasteiger partial charge in [-0.15, -0.1) is 0 Å². The summed E-state index contributed by atoms with van der Waals surface area (Å²) in [5.41, 5.74) is 2.18. The first-order chi connectivity index (χ1) is 13.3. The first kappa shape index (κ1) is 20.9. The van der Waals surface area contributed by atoms with Crippen molar-refractivity contribution in [1.82, 2.24) is 0 Å². The van der Waals surface area contributed by atoms with Crippen molar-refractivity contribution in [3.05, 3.63) is 0 Å². The molecule has 4 aliphatic carbocycles. The lowest BCUT2D eigenvalue weighted by Gasteiger charge is -2.60. The summed E-state index contributed by atoms with van der Waals surface area (Å²) in [5, 5.41) is 8.94. The third-order valence-corrected chi connectivity index (χ3v) is 10.6. The standard InChI is InChI=1S/C27H47N/c1-18(2)9-8-10-19(3)21-12-13-22-20-17-25(28)24-11-6-7-15-26(24,4)23(20)14-16-27(21,22)5/h18-24,28H,6-17H2,1-5H3/t19-,20+,21-,22+,23+,24-,26-,27-/m1/s1. The number of hydrogen-bond acceptors (Lipinski definition) is 1. The molecular formula is C27H47N. The van der Waals surface area contributed by atoms with Crippen LogP contribution in [-0.4, -0.2) is 5.71 Å². The number of hydrogen-bond donors (Lipinski definition) is 1. The molecule has 1 nitrogen and oxygen atoms in total. The van der Waals surface area contributed by atoms with E-state index in [4.69, 9.17) is 5.41 Å². The van der Waals surface area contributed by atoms with E-state index in [2.05, 4.69) is 34.6 Å². The fraction of sp³-hybridized carbons (Fsp3) is 0.963. The highest BCUT2D eigenvalue weighted by Crippen LogP contribution is 2.67. The Bertz CT molecular complexity index is 579. The van der Waals surface area contributed by atoms with Gasteiger partial charge in [-0.05, 0) is 91.3 Å². The number of fused-ring (bicyclic) bond motifs is 5. The Labute approximate surface area is 175 Å². The largest absolute Gasteiger partial charge is 0.309 e. The molecule has 0 amide bonds. The molecule has 0 saturated heterocycles. The van der Waals surface area contributed by atoms with Crippen LogP contribution in [0.15, 0.2) is 0 Å². The molecule has 1 heteroatoms. The fourth-order valence-electron chi connectivity index (χ4n) is 9.19. The molecule has 0 aliphatic heterocycles. The molecule has 0 heterocycles. The normalized spacial score (nSPS) is 46.8. The van der Waals surface area contributed by atoms with Crippen LogP contribution < -0.4 is 0 Å². The van der Waals surface area contributed by atoms with Gasteiger partial charge in [0.05, 0.1) is 0 Å². The Balaban J connectivity index is 1.50. The zero-order valence-corrected chi connectivity index (χ0v) is 19.5. The maximum Gasteiger partial charge on any atom is 0.0129 e. The highest BCUT2D eigenvalue weighted by atomic mass is 14.7. The molecule has 0 aromatic carbocycles. The van der Waals surface area contributed by atoms with Gasteiger partial charge in [0.1, 0.15) is 0 Å². The summed E-state index contributed by atoms with van der Waals surface area (Å²) in [5.74, 6) is 5.97. The minimum Gasteiger partial charge on any atom is -0.309 e. The highest BCUT2D eigenvalue weighted by molar-refractivity contribution is 5.86. The van der Waals surface area contributed by atoms with Gasteiger partial charge in [-0.3, -0.25) is 0 Å². The van der Waals surface area contributed by atoms with Gasteiger partial charge in [0, 0.05) is 11.6 Å². The van der Waals surface area contributed by atoms with Gasteiger partial charge in [-0.2, -0.15) is 0 Å². The first-order valence-electron chi connectivity index (χ1n) is 12.8. The molecule has 0 aromatic heterocycles. The second kappa shape index (κ2) is 7.73. The van der Waals surface area contributed by atoms with Crippen LogP contribution in [0.1, 0.15) is 112 Å². The molecule has 0 unspecified atom stereocenters. The van der Waals surface area contributed by atoms with Crippen LogP contribution in [-0.2, 0) is 0 Å². The summed E-state index contributed by atoms with van der Waals surface area (Å²) in [6, 6.07) is 0. The van der Waals surface area contributed by atoms with Crippen LogP contribution in [0.2, 0.25) is 0 Å². The van der Waals surface area contributed by atoms with Crippen molar-refractivity contribution in [2.75, 3.05) is 0 Å². The minimum absolute atomic E-state index is 0.459. The lowest BCUT2D eigenvalue weighted by molar-refractivity contribution is -0.0800. The van der Waals surface area contributed by atoms with Crippen molar-refractivity contribution < 1.29 is 0 Å². The Kier molecular flexibility index (Phi) is 5.78. The maximum absolute atomic E-state index is 8.94. The Morgan fingerprint density at radius 2 is 1.64 bits per heavy atom. The molecule has 4 rings (SSSR count). The van der Waals surface area contributed by atoms with E-state index in [1.165, 1.54) is 70.6 Å². The average Bonchev–Trinajstić information content (AvgIpc) is 2.99. The maximum atomic E-state index is 8.94. The van der Waals surface area contributed by atoms with Crippen molar-refractivity contribution in [3.63, 3.8) is 0 Å². The molecule has 4 fully saturated rings. The fourth-order valence-corrected chi connectivity index (χ4v) is 9.19. The molecule has 4 aliphatic rings. The molecule has 0 aromatic rings. The van der Waals surface area contributed by atoms with E-state index in [0.29, 0.717) is 16.7 Å². The van der Waals surface area contributed by atoms with Crippen LogP contribution >= 0.6 is 0 Å². The van der Waals surface area contributed by atoms with Crippen LogP contribution in [0.5, 0.6) is 0 Å². The van der Waals surface area contributed by atoms with Gasteiger partial charge in [0.2, 0.25) is 0 Å². The Morgan fingerprint density at radius 1 is 0.893 bits per heavy atom. The summed E-state index contributed by atoms with van der Waals surface area (Å²) >= 11 is 0. The third kappa shape index (κ3) is 3.31. The molecular weight excluding hydrogens is 338 g/mol. The first-order valence-corrected chi connectivity index (χ1v) is 12.8. The third-order valence-electron chi connectivity index (χ3n) is 10.6. The topological polar surface area (TPSA) is 23.9 Å². The SMILES string of the molecule is CC(C)CCC[C@@H](C)[C@H]1CC[C@H]2[C@@H]3CC(=N)[C@H]4CCCC[C@]4(C)[C@H]3CC[C@]12C. The average molecular weight is 386 g/mol. The lowest BCUT2D eigenvalue weighted by Crippen LogP contribution is -2.55. The van der Waals surface area contributed by atoms with E-state index in [0.717, 1.165) is 47.6 Å². The highest BCUT2D eigenvalue weighted by Gasteiger charge is 2.61. The van der Waals surface area contributed by atoms with Crippen LogP contribution in [0, 0.1) is 57.7 Å². The summed E-state index contributed by atoms with van der Waals surface area (Å²) in [6.07, 6.45) is 16.8. The minimum atomic E-state index is 0.459. The van der Waals surface area contributed by atoms with Crippen LogP contribution in [0.25, 0.3) is 0 Å². The lowest BCUT2D eigenvalue weighted by atomic mass is 9.44. The zero-order valence-electron chi connectivity index (χ0n) is 19.5. The zero-order chi connectivity index (χ0) is 20.1. The van der Waals surface area contributed by atoms with E-state index in [1.54, 1.807) is 0 Å². The van der Waals surface area contributed by atoms with Crippen molar-refractivity contribution in [2.24, 2.45) is 52.3 Å². The van der Waals surface area contributed by atoms with Gasteiger partial charge in [0.25, 0.3) is 0 Å². The molecule has 28 heavy (non-hydrogen) atoms. The molecule has 0 spiro atoms. The van der Waals surface area contributed by atoms with E-state index < -0.39 is 0 Å². The van der Waals surface area contributed by atoms with E-state index >= 15 is 0 Å². The van der Waals surface area contributed by atoms with Crippen LogP contribution in [0.3, 0.4) is 0 Å². The van der Waals surface area contributed by atoms with Crippen molar-refractivity contribution in [3.8, 4) is 0 Å². The van der Waals surface area contributed by atoms with Crippen molar-refractivity contribution in [2.45, 2.75) is 112 Å². The van der Waals surface area contributed by atoms with Crippen LogP contribution in [0.4, 0.5) is 0 Å². The van der Waals surface area contributed by atoms with Gasteiger partial charge in [-0.25, -0.2) is 0 Å². The summed E-state index contributed by atoms with van der Waals surface area (Å²) in [4.78, 5) is 0. The second-order valence-electron chi connectivity index (χ2n) is 12.4. The smallest absolute Gasteiger partial charge is 0.0129 e. The quantitative estimate of drug-likeness (QED) is 0.494. The van der Waals surface area contributed by atoms with E-state index in [1.807, 2.05) is 0 Å². The summed E-state index contributed by atoms with van der Waals surface area (Å²) < 4.78 is 0. The predicted molar refractivity (Wildman–Crippen MR) is 121 cm³/mol. The summed E-state index contributed by atoms with van der Waals surface area (Å²) in [7, 11) is 0. The van der Waals surface area contributed by atoms with Gasteiger partial charge < -0.3 is 5.41 Å². The number of rotatable bonds is 5. The van der Waals surface area contributed by atoms with Crippen molar-refractivity contribution in [1.29, 1.82) is 5.41 Å². The monoisotopic (exact) mass is 385 g/mol. The Hall–Kier alpha value is -0.330. The van der Waals surface area contributed by atoms with Gasteiger partial charge >= 0.3 is 0 Å². The predicted octanol–water partition coefficient (Wildman–Crippen LogP) is 8.13. The molecule has 0 radical (unpaired) electrons. The summed E-state index contributed by atoms with van der Waals surface area (Å²) in [6.45, 7) is 12.6. The molecule has 8 atom stereocenters. The van der Waals surface area contributed by atoms with Gasteiger partial charge in [-0.1, -0.05) is 66.7 Å². The van der Waals surface area contributed by atoms with E-state index in [-0.39, 0.29) is 0 Å². The molecule has 1 N–H and O–H groups in total. The molecule has 4 saturated carbocycles. The Morgan fingerprint density at radius 3 is 2.39 bits per heavy atom. The van der Waals surface area contributed by atoms with Crippen molar-refractivity contribution >= 4 is 5.71 Å².